The third-order valence-corrected chi connectivity index (χ3v) is 7.20. The van der Waals surface area contributed by atoms with Crippen LogP contribution in [0.1, 0.15) is 77.3 Å². The number of benzene rings is 1. The second-order valence-corrected chi connectivity index (χ2v) is 9.07. The first-order valence-electron chi connectivity index (χ1n) is 11.0. The number of fused-ring (bicyclic) bond motifs is 1. The van der Waals surface area contributed by atoms with Crippen molar-refractivity contribution in [2.45, 2.75) is 57.5 Å². The normalized spacial score (nSPS) is 21.2. The summed E-state index contributed by atoms with van der Waals surface area (Å²) in [6.45, 7) is 0.923. The largest absolute Gasteiger partial charge is 0.481 e. The maximum atomic E-state index is 13.7. The van der Waals surface area contributed by atoms with Gasteiger partial charge in [0.15, 0.2) is 0 Å². The molecule has 3 aliphatic rings. The average Bonchev–Trinajstić information content (AvgIpc) is 3.12. The number of carbonyl (C=O) groups excluding carboxylic acids is 1. The molecule has 0 spiro atoms. The molecule has 1 aromatic heterocycles. The van der Waals surface area contributed by atoms with Gasteiger partial charge < -0.3 is 9.84 Å². The van der Waals surface area contributed by atoms with Crippen LogP contribution in [0.3, 0.4) is 0 Å². The maximum Gasteiger partial charge on any atom is 0.306 e. The Bertz CT molecular complexity index is 1080. The SMILES string of the molecule is O=C(O)[C@@H]1CC=C(c2nn(C(=O)c3c(Cl)cccc3C3CCC3)c3c2CCOC3)CC1. The van der Waals surface area contributed by atoms with E-state index in [0.29, 0.717) is 55.4 Å². The minimum absolute atomic E-state index is 0.208. The number of nitrogens with zero attached hydrogens (tertiary/aromatic N) is 2. The predicted molar refractivity (Wildman–Crippen MR) is 116 cm³/mol. The minimum Gasteiger partial charge on any atom is -0.481 e. The molecule has 1 fully saturated rings. The highest BCUT2D eigenvalue weighted by atomic mass is 35.5. The number of carboxylic acids is 1. The molecule has 1 saturated carbocycles. The smallest absolute Gasteiger partial charge is 0.306 e. The highest BCUT2D eigenvalue weighted by Crippen LogP contribution is 2.40. The van der Waals surface area contributed by atoms with Crippen molar-refractivity contribution in [3.63, 3.8) is 0 Å². The lowest BCUT2D eigenvalue weighted by Crippen LogP contribution is -2.23. The number of ether oxygens (including phenoxy) is 1. The Balaban J connectivity index is 1.56. The molecular weight excluding hydrogens is 416 g/mol. The van der Waals surface area contributed by atoms with Crippen LogP contribution >= 0.6 is 11.6 Å². The van der Waals surface area contributed by atoms with Crippen molar-refractivity contribution >= 4 is 29.1 Å². The van der Waals surface area contributed by atoms with Crippen molar-refractivity contribution < 1.29 is 19.4 Å². The summed E-state index contributed by atoms with van der Waals surface area (Å²) in [6.07, 6.45) is 7.71. The summed E-state index contributed by atoms with van der Waals surface area (Å²) in [7, 11) is 0. The van der Waals surface area contributed by atoms with Crippen molar-refractivity contribution in [1.82, 2.24) is 9.78 Å². The molecule has 2 heterocycles. The second kappa shape index (κ2) is 8.24. The zero-order valence-corrected chi connectivity index (χ0v) is 18.0. The Hall–Kier alpha value is -2.44. The molecule has 1 aliphatic heterocycles. The lowest BCUT2D eigenvalue weighted by Gasteiger charge is -2.28. The Labute approximate surface area is 185 Å². The molecule has 0 radical (unpaired) electrons. The number of allylic oxidation sites excluding steroid dienone is 2. The monoisotopic (exact) mass is 440 g/mol. The summed E-state index contributed by atoms with van der Waals surface area (Å²) < 4.78 is 7.15. The second-order valence-electron chi connectivity index (χ2n) is 8.66. The molecule has 1 aromatic carbocycles. The van der Waals surface area contributed by atoms with Gasteiger partial charge in [-0.05, 0) is 61.6 Å². The Kier molecular flexibility index (Phi) is 5.44. The first-order valence-corrected chi connectivity index (χ1v) is 11.4. The quantitative estimate of drug-likeness (QED) is 0.736. The lowest BCUT2D eigenvalue weighted by molar-refractivity contribution is -0.141. The van der Waals surface area contributed by atoms with E-state index < -0.39 is 5.97 Å². The standard InChI is InChI=1S/C24H25ClN2O4/c25-19-6-2-5-17(14-3-1-4-14)21(19)23(28)27-20-13-31-12-11-18(20)22(26-27)15-7-9-16(10-8-15)24(29)30/h2,5-7,14,16H,1,3-4,8-13H2,(H,29,30)/t16-/m1/s1. The molecule has 1 atom stereocenters. The van der Waals surface area contributed by atoms with Gasteiger partial charge in [-0.15, -0.1) is 0 Å². The van der Waals surface area contributed by atoms with Crippen LogP contribution < -0.4 is 0 Å². The Morgan fingerprint density at radius 1 is 1.19 bits per heavy atom. The highest BCUT2D eigenvalue weighted by molar-refractivity contribution is 6.34. The van der Waals surface area contributed by atoms with Crippen LogP contribution in [0.25, 0.3) is 5.57 Å². The fraction of sp³-hybridized carbons (Fsp3) is 0.458. The molecule has 5 rings (SSSR count). The summed E-state index contributed by atoms with van der Waals surface area (Å²) in [5.41, 5.74) is 5.21. The number of hydrogen-bond donors (Lipinski definition) is 1. The van der Waals surface area contributed by atoms with Crippen LogP contribution in [-0.4, -0.2) is 33.4 Å². The van der Waals surface area contributed by atoms with Crippen LogP contribution in [-0.2, 0) is 22.6 Å². The number of hydrogen-bond acceptors (Lipinski definition) is 4. The molecule has 7 heteroatoms. The number of aromatic nitrogens is 2. The molecule has 6 nitrogen and oxygen atoms in total. The van der Waals surface area contributed by atoms with Gasteiger partial charge in [0.25, 0.3) is 5.91 Å². The fourth-order valence-electron chi connectivity index (χ4n) is 4.87. The van der Waals surface area contributed by atoms with Crippen LogP contribution in [0.2, 0.25) is 5.02 Å². The van der Waals surface area contributed by atoms with E-state index in [9.17, 15) is 14.7 Å². The maximum absolute atomic E-state index is 13.7. The van der Waals surface area contributed by atoms with E-state index >= 15 is 0 Å². The van der Waals surface area contributed by atoms with Gasteiger partial charge in [-0.2, -0.15) is 9.78 Å². The van der Waals surface area contributed by atoms with E-state index in [-0.39, 0.29) is 11.8 Å². The Morgan fingerprint density at radius 2 is 2.03 bits per heavy atom. The van der Waals surface area contributed by atoms with Crippen LogP contribution in [0.4, 0.5) is 0 Å². The minimum atomic E-state index is -0.756. The van der Waals surface area contributed by atoms with Gasteiger partial charge >= 0.3 is 5.97 Å². The molecule has 2 aromatic rings. The zero-order valence-electron chi connectivity index (χ0n) is 17.3. The van der Waals surface area contributed by atoms with E-state index in [1.807, 2.05) is 18.2 Å². The van der Waals surface area contributed by atoms with Crippen molar-refractivity contribution in [2.24, 2.45) is 5.92 Å². The van der Waals surface area contributed by atoms with Gasteiger partial charge in [0.2, 0.25) is 0 Å². The third-order valence-electron chi connectivity index (χ3n) is 6.89. The van der Waals surface area contributed by atoms with Gasteiger partial charge in [0.1, 0.15) is 0 Å². The molecule has 1 N–H and O–H groups in total. The molecular formula is C24H25ClN2O4. The summed E-state index contributed by atoms with van der Waals surface area (Å²) in [4.78, 5) is 25.0. The van der Waals surface area contributed by atoms with Gasteiger partial charge in [-0.1, -0.05) is 36.2 Å². The summed E-state index contributed by atoms with van der Waals surface area (Å²) in [6, 6.07) is 5.68. The van der Waals surface area contributed by atoms with Crippen LogP contribution in [0.15, 0.2) is 24.3 Å². The number of rotatable bonds is 4. The van der Waals surface area contributed by atoms with Gasteiger partial charge in [-0.25, -0.2) is 0 Å². The lowest BCUT2D eigenvalue weighted by atomic mass is 9.78. The molecule has 2 aliphatic carbocycles. The van der Waals surface area contributed by atoms with Crippen LogP contribution in [0.5, 0.6) is 0 Å². The summed E-state index contributed by atoms with van der Waals surface area (Å²) in [5.74, 6) is -0.942. The zero-order chi connectivity index (χ0) is 21.5. The number of aliphatic carboxylic acids is 1. The summed E-state index contributed by atoms with van der Waals surface area (Å²) in [5, 5.41) is 14.5. The predicted octanol–water partition coefficient (Wildman–Crippen LogP) is 4.83. The first kappa shape index (κ1) is 20.5. The fourth-order valence-corrected chi connectivity index (χ4v) is 5.13. The van der Waals surface area contributed by atoms with Gasteiger partial charge in [0, 0.05) is 5.56 Å². The highest BCUT2D eigenvalue weighted by Gasteiger charge is 2.32. The number of carboxylic acid groups (broad SMARTS) is 1. The van der Waals surface area contributed by atoms with Crippen molar-refractivity contribution in [1.29, 1.82) is 0 Å². The molecule has 0 unspecified atom stereocenters. The number of halogens is 1. The molecule has 0 amide bonds. The summed E-state index contributed by atoms with van der Waals surface area (Å²) >= 11 is 6.52. The van der Waals surface area contributed by atoms with E-state index in [1.54, 1.807) is 6.07 Å². The van der Waals surface area contributed by atoms with Crippen LogP contribution in [0, 0.1) is 5.92 Å². The van der Waals surface area contributed by atoms with Gasteiger partial charge in [-0.3, -0.25) is 9.59 Å². The van der Waals surface area contributed by atoms with Crippen molar-refractivity contribution in [2.75, 3.05) is 6.61 Å². The van der Waals surface area contributed by atoms with E-state index in [4.69, 9.17) is 21.4 Å². The Morgan fingerprint density at radius 3 is 2.71 bits per heavy atom. The molecule has 162 valence electrons. The molecule has 0 saturated heterocycles. The van der Waals surface area contributed by atoms with E-state index in [2.05, 4.69) is 0 Å². The molecule has 31 heavy (non-hydrogen) atoms. The first-order chi connectivity index (χ1) is 15.0. The van der Waals surface area contributed by atoms with E-state index in [0.717, 1.165) is 40.9 Å². The average molecular weight is 441 g/mol. The van der Waals surface area contributed by atoms with Crippen molar-refractivity contribution in [3.8, 4) is 0 Å². The molecule has 0 bridgehead atoms. The number of carbonyl (C=O) groups is 2. The van der Waals surface area contributed by atoms with Gasteiger partial charge in [0.05, 0.1) is 41.1 Å². The van der Waals surface area contributed by atoms with E-state index in [1.165, 1.54) is 11.1 Å². The third kappa shape index (κ3) is 3.62. The van der Waals surface area contributed by atoms with Crippen molar-refractivity contribution in [3.05, 3.63) is 57.4 Å². The topological polar surface area (TPSA) is 81.4 Å².